The van der Waals surface area contributed by atoms with E-state index in [1.165, 1.54) is 44.9 Å². The quantitative estimate of drug-likeness (QED) is 0.709. The minimum atomic E-state index is 0.645. The van der Waals surface area contributed by atoms with E-state index in [4.69, 9.17) is 4.42 Å². The fourth-order valence-electron chi connectivity index (χ4n) is 3.31. The van der Waals surface area contributed by atoms with Gasteiger partial charge in [0.25, 0.3) is 0 Å². The van der Waals surface area contributed by atoms with E-state index in [9.17, 15) is 0 Å². The third-order valence-electron chi connectivity index (χ3n) is 4.58. The monoisotopic (exact) mass is 235 g/mol. The first-order chi connectivity index (χ1) is 8.35. The molecule has 0 radical (unpaired) electrons. The van der Waals surface area contributed by atoms with E-state index in [-0.39, 0.29) is 0 Å². The molecule has 1 fully saturated rings. The number of nitrogens with zero attached hydrogens (tertiary/aromatic N) is 1. The number of aromatic nitrogens is 1. The second-order valence-corrected chi connectivity index (χ2v) is 5.46. The zero-order valence-electron chi connectivity index (χ0n) is 11.2. The van der Waals surface area contributed by atoms with Crippen LogP contribution in [0.15, 0.2) is 17.0 Å². The maximum atomic E-state index is 5.50. The van der Waals surface area contributed by atoms with Crippen molar-refractivity contribution in [2.24, 2.45) is 11.8 Å². The van der Waals surface area contributed by atoms with Gasteiger partial charge in [-0.05, 0) is 31.1 Å². The van der Waals surface area contributed by atoms with Gasteiger partial charge in [-0.25, -0.2) is 4.98 Å². The van der Waals surface area contributed by atoms with Crippen LogP contribution in [0, 0.1) is 11.8 Å². The molecular weight excluding hydrogens is 210 g/mol. The molecule has 2 nitrogen and oxygen atoms in total. The largest absolute Gasteiger partial charge is 0.448 e. The molecule has 1 aliphatic carbocycles. The molecule has 0 aliphatic heterocycles. The third kappa shape index (κ3) is 3.11. The van der Waals surface area contributed by atoms with Crippen LogP contribution in [0.3, 0.4) is 0 Å². The summed E-state index contributed by atoms with van der Waals surface area (Å²) in [4.78, 5) is 4.06. The topological polar surface area (TPSA) is 26.0 Å². The van der Waals surface area contributed by atoms with Crippen LogP contribution in [0.5, 0.6) is 0 Å². The van der Waals surface area contributed by atoms with Crippen LogP contribution in [0.2, 0.25) is 0 Å². The van der Waals surface area contributed by atoms with Crippen LogP contribution in [-0.2, 0) is 0 Å². The zero-order valence-corrected chi connectivity index (χ0v) is 11.2. The summed E-state index contributed by atoms with van der Waals surface area (Å²) in [5.41, 5.74) is 0. The van der Waals surface area contributed by atoms with Gasteiger partial charge in [-0.3, -0.25) is 0 Å². The van der Waals surface area contributed by atoms with E-state index < -0.39 is 0 Å². The second kappa shape index (κ2) is 6.23. The molecule has 2 rings (SSSR count). The van der Waals surface area contributed by atoms with Gasteiger partial charge in [0.1, 0.15) is 5.76 Å². The first kappa shape index (κ1) is 12.7. The molecular formula is C15H25NO. The van der Waals surface area contributed by atoms with Gasteiger partial charge in [0.05, 0.1) is 6.20 Å². The molecule has 17 heavy (non-hydrogen) atoms. The Labute approximate surface area is 105 Å². The summed E-state index contributed by atoms with van der Waals surface area (Å²) in [7, 11) is 0. The Morgan fingerprint density at radius 2 is 2.18 bits per heavy atom. The molecule has 0 amide bonds. The van der Waals surface area contributed by atoms with Crippen LogP contribution in [-0.4, -0.2) is 4.98 Å². The molecule has 0 aromatic carbocycles. The summed E-state index contributed by atoms with van der Waals surface area (Å²) in [5, 5.41) is 0. The maximum Gasteiger partial charge on any atom is 0.180 e. The summed E-state index contributed by atoms with van der Waals surface area (Å²) >= 11 is 0. The van der Waals surface area contributed by atoms with Crippen LogP contribution in [0.1, 0.15) is 70.5 Å². The zero-order chi connectivity index (χ0) is 12.1. The molecule has 0 bridgehead atoms. The lowest BCUT2D eigenvalue weighted by atomic mass is 9.86. The average molecular weight is 235 g/mol. The summed E-state index contributed by atoms with van der Waals surface area (Å²) < 4.78 is 5.50. The van der Waals surface area contributed by atoms with Gasteiger partial charge in [0.15, 0.2) is 6.39 Å². The van der Waals surface area contributed by atoms with Crippen molar-refractivity contribution in [3.8, 4) is 0 Å². The minimum Gasteiger partial charge on any atom is -0.448 e. The Balaban J connectivity index is 1.87. The summed E-state index contributed by atoms with van der Waals surface area (Å²) in [6.07, 6.45) is 12.9. The van der Waals surface area contributed by atoms with Crippen molar-refractivity contribution in [2.45, 2.75) is 64.7 Å². The van der Waals surface area contributed by atoms with Crippen molar-refractivity contribution in [1.29, 1.82) is 0 Å². The van der Waals surface area contributed by atoms with Crippen LogP contribution in [0.25, 0.3) is 0 Å². The highest BCUT2D eigenvalue weighted by Gasteiger charge is 2.30. The number of rotatable bonds is 6. The fourth-order valence-corrected chi connectivity index (χ4v) is 3.31. The van der Waals surface area contributed by atoms with E-state index in [1.54, 1.807) is 6.39 Å². The lowest BCUT2D eigenvalue weighted by molar-refractivity contribution is 0.334. The Bertz CT molecular complexity index is 303. The van der Waals surface area contributed by atoms with Gasteiger partial charge in [0.2, 0.25) is 0 Å². The summed E-state index contributed by atoms with van der Waals surface area (Å²) in [6, 6.07) is 0. The van der Waals surface area contributed by atoms with Crippen molar-refractivity contribution in [1.82, 2.24) is 4.98 Å². The van der Waals surface area contributed by atoms with E-state index >= 15 is 0 Å². The predicted octanol–water partition coefficient (Wildman–Crippen LogP) is 4.77. The molecule has 1 aromatic heterocycles. The molecule has 1 aliphatic rings. The van der Waals surface area contributed by atoms with E-state index in [1.807, 2.05) is 6.20 Å². The van der Waals surface area contributed by atoms with Crippen LogP contribution < -0.4 is 0 Å². The third-order valence-corrected chi connectivity index (χ3v) is 4.58. The lowest BCUT2D eigenvalue weighted by Gasteiger charge is -2.20. The summed E-state index contributed by atoms with van der Waals surface area (Å²) in [6.45, 7) is 4.63. The second-order valence-electron chi connectivity index (χ2n) is 5.46. The molecule has 1 saturated carbocycles. The number of oxazole rings is 1. The van der Waals surface area contributed by atoms with Crippen molar-refractivity contribution in [3.05, 3.63) is 18.4 Å². The Kier molecular flexibility index (Phi) is 4.64. The Morgan fingerprint density at radius 1 is 1.35 bits per heavy atom. The first-order valence-electron chi connectivity index (χ1n) is 7.23. The number of hydrogen-bond donors (Lipinski definition) is 0. The van der Waals surface area contributed by atoms with Gasteiger partial charge in [-0.15, -0.1) is 0 Å². The van der Waals surface area contributed by atoms with E-state index in [0.717, 1.165) is 17.6 Å². The van der Waals surface area contributed by atoms with Crippen LogP contribution in [0.4, 0.5) is 0 Å². The molecule has 2 heteroatoms. The Morgan fingerprint density at radius 3 is 2.82 bits per heavy atom. The molecule has 2 atom stereocenters. The van der Waals surface area contributed by atoms with Crippen molar-refractivity contribution in [2.75, 3.05) is 0 Å². The van der Waals surface area contributed by atoms with Gasteiger partial charge >= 0.3 is 0 Å². The van der Waals surface area contributed by atoms with Gasteiger partial charge in [0, 0.05) is 5.92 Å². The lowest BCUT2D eigenvalue weighted by Crippen LogP contribution is -2.08. The molecule has 1 unspecified atom stereocenters. The van der Waals surface area contributed by atoms with Crippen LogP contribution >= 0.6 is 0 Å². The normalized spacial score (nSPS) is 24.6. The van der Waals surface area contributed by atoms with E-state index in [2.05, 4.69) is 18.8 Å². The van der Waals surface area contributed by atoms with Crippen molar-refractivity contribution >= 4 is 0 Å². The first-order valence-corrected chi connectivity index (χ1v) is 7.23. The van der Waals surface area contributed by atoms with E-state index in [0.29, 0.717) is 5.92 Å². The highest BCUT2D eigenvalue weighted by atomic mass is 16.3. The Hall–Kier alpha value is -0.790. The number of hydrogen-bond acceptors (Lipinski definition) is 2. The molecule has 1 heterocycles. The molecule has 0 N–H and O–H groups in total. The van der Waals surface area contributed by atoms with Gasteiger partial charge < -0.3 is 4.42 Å². The SMILES string of the molecule is CCC(CC)CCC1CCC[C@H]1c1cnco1. The molecule has 0 spiro atoms. The predicted molar refractivity (Wildman–Crippen MR) is 69.9 cm³/mol. The van der Waals surface area contributed by atoms with Gasteiger partial charge in [-0.2, -0.15) is 0 Å². The molecule has 0 saturated heterocycles. The minimum absolute atomic E-state index is 0.645. The van der Waals surface area contributed by atoms with Crippen molar-refractivity contribution < 1.29 is 4.42 Å². The summed E-state index contributed by atoms with van der Waals surface area (Å²) in [5.74, 6) is 3.53. The average Bonchev–Trinajstić information content (AvgIpc) is 3.00. The highest BCUT2D eigenvalue weighted by molar-refractivity contribution is 5.04. The molecule has 96 valence electrons. The maximum absolute atomic E-state index is 5.50. The standard InChI is InChI=1S/C15H25NO/c1-3-12(4-2)8-9-13-6-5-7-14(13)15-10-16-11-17-15/h10-14H,3-9H2,1-2H3/t13?,14-/m1/s1. The fraction of sp³-hybridized carbons (Fsp3) is 0.800. The smallest absolute Gasteiger partial charge is 0.180 e. The molecule has 1 aromatic rings. The van der Waals surface area contributed by atoms with Crippen molar-refractivity contribution in [3.63, 3.8) is 0 Å². The highest BCUT2D eigenvalue weighted by Crippen LogP contribution is 2.42. The van der Waals surface area contributed by atoms with Gasteiger partial charge in [-0.1, -0.05) is 39.5 Å².